The molecule has 0 radical (unpaired) electrons. The lowest BCUT2D eigenvalue weighted by Crippen LogP contribution is -2.33. The highest BCUT2D eigenvalue weighted by Crippen LogP contribution is 2.39. The van der Waals surface area contributed by atoms with E-state index in [4.69, 9.17) is 0 Å². The van der Waals surface area contributed by atoms with Crippen LogP contribution in [0.4, 0.5) is 0 Å². The fraction of sp³-hybridized carbons (Fsp3) is 0.812. The third kappa shape index (κ3) is 4.07. The topological polar surface area (TPSA) is 29.9 Å². The predicted octanol–water partition coefficient (Wildman–Crippen LogP) is 3.19. The minimum absolute atomic E-state index is 0.643. The fourth-order valence-electron chi connectivity index (χ4n) is 3.24. The van der Waals surface area contributed by atoms with Crippen molar-refractivity contribution in [3.05, 3.63) is 18.0 Å². The Kier molecular flexibility index (Phi) is 5.03. The highest BCUT2D eigenvalue weighted by Gasteiger charge is 2.30. The van der Waals surface area contributed by atoms with Crippen LogP contribution in [0.15, 0.2) is 12.3 Å². The van der Waals surface area contributed by atoms with Gasteiger partial charge in [-0.05, 0) is 49.8 Å². The van der Waals surface area contributed by atoms with Crippen LogP contribution in [0, 0.1) is 17.8 Å². The molecule has 3 nitrogen and oxygen atoms in total. The number of nitrogens with zero attached hydrogens (tertiary/aromatic N) is 2. The quantitative estimate of drug-likeness (QED) is 0.884. The molecule has 3 atom stereocenters. The predicted molar refractivity (Wildman–Crippen MR) is 80.2 cm³/mol. The molecule has 1 aliphatic carbocycles. The van der Waals surface area contributed by atoms with Crippen molar-refractivity contribution in [3.8, 4) is 0 Å². The second-order valence-corrected chi connectivity index (χ2v) is 6.75. The van der Waals surface area contributed by atoms with Crippen LogP contribution >= 0.6 is 0 Å². The van der Waals surface area contributed by atoms with Crippen LogP contribution in [-0.4, -0.2) is 22.9 Å². The lowest BCUT2D eigenvalue weighted by Gasteiger charge is -2.34. The average molecular weight is 263 g/mol. The highest BCUT2D eigenvalue weighted by molar-refractivity contribution is 5.10. The Balaban J connectivity index is 1.98. The van der Waals surface area contributed by atoms with Gasteiger partial charge in [0.1, 0.15) is 0 Å². The number of aryl methyl sites for hydroxylation is 1. The second kappa shape index (κ2) is 6.56. The van der Waals surface area contributed by atoms with Gasteiger partial charge in [-0.25, -0.2) is 0 Å². The molecule has 0 spiro atoms. The first-order valence-electron chi connectivity index (χ1n) is 7.76. The molecule has 1 aromatic rings. The van der Waals surface area contributed by atoms with Crippen LogP contribution < -0.4 is 5.32 Å². The summed E-state index contributed by atoms with van der Waals surface area (Å²) in [5.41, 5.74) is 1.30. The van der Waals surface area contributed by atoms with E-state index in [1.165, 1.54) is 25.0 Å². The molecule has 1 heterocycles. The Bertz CT molecular complexity index is 383. The third-order valence-electron chi connectivity index (χ3n) is 4.33. The Morgan fingerprint density at radius 2 is 2.21 bits per heavy atom. The van der Waals surface area contributed by atoms with Gasteiger partial charge in [-0.1, -0.05) is 27.2 Å². The Morgan fingerprint density at radius 1 is 1.42 bits per heavy atom. The molecule has 0 saturated heterocycles. The largest absolute Gasteiger partial charge is 0.316 e. The van der Waals surface area contributed by atoms with Crippen LogP contribution in [0.3, 0.4) is 0 Å². The van der Waals surface area contributed by atoms with Crippen molar-refractivity contribution in [2.45, 2.75) is 46.0 Å². The molecular formula is C16H29N3. The van der Waals surface area contributed by atoms with Gasteiger partial charge in [0.05, 0.1) is 5.69 Å². The van der Waals surface area contributed by atoms with E-state index in [0.29, 0.717) is 5.92 Å². The van der Waals surface area contributed by atoms with E-state index in [9.17, 15) is 0 Å². The molecule has 2 rings (SSSR count). The monoisotopic (exact) mass is 263 g/mol. The van der Waals surface area contributed by atoms with Gasteiger partial charge in [-0.3, -0.25) is 4.68 Å². The zero-order valence-corrected chi connectivity index (χ0v) is 12.9. The van der Waals surface area contributed by atoms with Crippen molar-refractivity contribution >= 4 is 0 Å². The molecule has 3 unspecified atom stereocenters. The summed E-state index contributed by atoms with van der Waals surface area (Å²) >= 11 is 0. The van der Waals surface area contributed by atoms with Gasteiger partial charge < -0.3 is 5.32 Å². The normalized spacial score (nSPS) is 27.9. The van der Waals surface area contributed by atoms with Gasteiger partial charge in [0.25, 0.3) is 0 Å². The summed E-state index contributed by atoms with van der Waals surface area (Å²) in [7, 11) is 2.02. The molecule has 1 saturated carbocycles. The Hall–Kier alpha value is -0.830. The first-order valence-corrected chi connectivity index (χ1v) is 7.76. The van der Waals surface area contributed by atoms with E-state index >= 15 is 0 Å². The summed E-state index contributed by atoms with van der Waals surface area (Å²) < 4.78 is 1.94. The fourth-order valence-corrected chi connectivity index (χ4v) is 3.24. The summed E-state index contributed by atoms with van der Waals surface area (Å²) in [6, 6.07) is 2.21. The van der Waals surface area contributed by atoms with Gasteiger partial charge in [-0.2, -0.15) is 5.10 Å². The Morgan fingerprint density at radius 3 is 2.84 bits per heavy atom. The summed E-state index contributed by atoms with van der Waals surface area (Å²) in [5, 5.41) is 8.29. The van der Waals surface area contributed by atoms with Crippen LogP contribution in [-0.2, 0) is 7.05 Å². The van der Waals surface area contributed by atoms with E-state index in [2.05, 4.69) is 43.4 Å². The molecular weight excluding hydrogens is 234 g/mol. The third-order valence-corrected chi connectivity index (χ3v) is 4.33. The molecule has 0 aromatic carbocycles. The van der Waals surface area contributed by atoms with Crippen molar-refractivity contribution in [2.24, 2.45) is 24.8 Å². The van der Waals surface area contributed by atoms with Crippen molar-refractivity contribution in [1.29, 1.82) is 0 Å². The van der Waals surface area contributed by atoms with E-state index in [1.54, 1.807) is 0 Å². The molecule has 108 valence electrons. The zero-order chi connectivity index (χ0) is 13.8. The molecule has 1 aromatic heterocycles. The minimum atomic E-state index is 0.643. The summed E-state index contributed by atoms with van der Waals surface area (Å²) in [4.78, 5) is 0. The average Bonchev–Trinajstić information content (AvgIpc) is 2.77. The van der Waals surface area contributed by atoms with Gasteiger partial charge >= 0.3 is 0 Å². The molecule has 1 aliphatic rings. The lowest BCUT2D eigenvalue weighted by atomic mass is 9.73. The number of rotatable bonds is 5. The number of nitrogens with one attached hydrogen (secondary N) is 1. The SMILES string of the molecule is CC(C)CNCC1CCC(C)CC1c1ccn(C)n1. The molecule has 0 amide bonds. The first kappa shape index (κ1) is 14.6. The first-order chi connectivity index (χ1) is 9.06. The van der Waals surface area contributed by atoms with Crippen molar-refractivity contribution in [1.82, 2.24) is 15.1 Å². The maximum absolute atomic E-state index is 4.65. The van der Waals surface area contributed by atoms with Crippen LogP contribution in [0.5, 0.6) is 0 Å². The molecule has 1 fully saturated rings. The standard InChI is InChI=1S/C16H29N3/c1-12(2)10-17-11-14-6-5-13(3)9-15(14)16-7-8-19(4)18-16/h7-8,12-15,17H,5-6,9-11H2,1-4H3. The van der Waals surface area contributed by atoms with Gasteiger partial charge in [0.15, 0.2) is 0 Å². The number of aromatic nitrogens is 2. The van der Waals surface area contributed by atoms with Crippen molar-refractivity contribution in [3.63, 3.8) is 0 Å². The molecule has 0 aliphatic heterocycles. The van der Waals surface area contributed by atoms with E-state index in [-0.39, 0.29) is 0 Å². The molecule has 1 N–H and O–H groups in total. The molecule has 0 bridgehead atoms. The number of hydrogen-bond donors (Lipinski definition) is 1. The van der Waals surface area contributed by atoms with E-state index < -0.39 is 0 Å². The highest BCUT2D eigenvalue weighted by atomic mass is 15.2. The van der Waals surface area contributed by atoms with E-state index in [1.807, 2.05) is 11.7 Å². The van der Waals surface area contributed by atoms with Gasteiger partial charge in [0.2, 0.25) is 0 Å². The van der Waals surface area contributed by atoms with Crippen LogP contribution in [0.2, 0.25) is 0 Å². The maximum Gasteiger partial charge on any atom is 0.0658 e. The number of hydrogen-bond acceptors (Lipinski definition) is 2. The maximum atomic E-state index is 4.65. The molecule has 19 heavy (non-hydrogen) atoms. The summed E-state index contributed by atoms with van der Waals surface area (Å²) in [6.45, 7) is 9.19. The van der Waals surface area contributed by atoms with Crippen molar-refractivity contribution < 1.29 is 0 Å². The molecule has 3 heteroatoms. The smallest absolute Gasteiger partial charge is 0.0658 e. The minimum Gasteiger partial charge on any atom is -0.316 e. The van der Waals surface area contributed by atoms with Gasteiger partial charge in [-0.15, -0.1) is 0 Å². The summed E-state index contributed by atoms with van der Waals surface area (Å²) in [5.74, 6) is 2.97. The van der Waals surface area contributed by atoms with E-state index in [0.717, 1.165) is 30.8 Å². The van der Waals surface area contributed by atoms with Crippen LogP contribution in [0.1, 0.15) is 51.6 Å². The van der Waals surface area contributed by atoms with Gasteiger partial charge in [0, 0.05) is 19.2 Å². The van der Waals surface area contributed by atoms with Crippen molar-refractivity contribution in [2.75, 3.05) is 13.1 Å². The lowest BCUT2D eigenvalue weighted by molar-refractivity contribution is 0.236. The summed E-state index contributed by atoms with van der Waals surface area (Å²) in [6.07, 6.45) is 6.09. The Labute approximate surface area is 117 Å². The second-order valence-electron chi connectivity index (χ2n) is 6.75. The zero-order valence-electron chi connectivity index (χ0n) is 12.9. The van der Waals surface area contributed by atoms with Crippen LogP contribution in [0.25, 0.3) is 0 Å².